The lowest BCUT2D eigenvalue weighted by Crippen LogP contribution is -2.27. The molecule has 5 nitrogen and oxygen atoms in total. The molecule has 1 aromatic heterocycles. The number of nitrogens with zero attached hydrogens (tertiary/aromatic N) is 2. The van der Waals surface area contributed by atoms with E-state index >= 15 is 0 Å². The van der Waals surface area contributed by atoms with Crippen LogP contribution in [0.4, 0.5) is 5.95 Å². The van der Waals surface area contributed by atoms with Crippen LogP contribution in [0.2, 0.25) is 0 Å². The highest BCUT2D eigenvalue weighted by atomic mass is 15.3. The van der Waals surface area contributed by atoms with Gasteiger partial charge in [0.1, 0.15) is 5.82 Å². The molecule has 1 heterocycles. The third kappa shape index (κ3) is 1.73. The molecule has 1 rings (SSSR count). The number of aromatic amines is 1. The quantitative estimate of drug-likeness (QED) is 0.568. The van der Waals surface area contributed by atoms with Gasteiger partial charge < -0.3 is 11.5 Å². The van der Waals surface area contributed by atoms with Gasteiger partial charge in [0.05, 0.1) is 6.04 Å². The molecule has 5 heteroatoms. The molecule has 12 heavy (non-hydrogen) atoms. The van der Waals surface area contributed by atoms with Crippen molar-refractivity contribution >= 4 is 5.95 Å². The van der Waals surface area contributed by atoms with E-state index in [0.29, 0.717) is 5.82 Å². The highest BCUT2D eigenvalue weighted by molar-refractivity contribution is 5.14. The minimum absolute atomic E-state index is 0.0357. The minimum Gasteiger partial charge on any atom is -0.367 e. The number of nitrogens with two attached hydrogens (primary N) is 2. The first-order valence-electron chi connectivity index (χ1n) is 3.84. The Balaban J connectivity index is 2.85. The highest BCUT2D eigenvalue weighted by Gasteiger charge is 2.24. The van der Waals surface area contributed by atoms with Crippen LogP contribution >= 0.6 is 0 Å². The van der Waals surface area contributed by atoms with Crippen LogP contribution in [0.25, 0.3) is 0 Å². The summed E-state index contributed by atoms with van der Waals surface area (Å²) in [5, 5.41) is 6.41. The van der Waals surface area contributed by atoms with Gasteiger partial charge in [-0.1, -0.05) is 20.8 Å². The molecule has 68 valence electrons. The van der Waals surface area contributed by atoms with Crippen molar-refractivity contribution in [3.05, 3.63) is 5.82 Å². The Kier molecular flexibility index (Phi) is 2.06. The van der Waals surface area contributed by atoms with Crippen molar-refractivity contribution in [2.45, 2.75) is 26.8 Å². The number of anilines is 1. The summed E-state index contributed by atoms with van der Waals surface area (Å²) in [6, 6.07) is -0.165. The normalized spacial score (nSPS) is 14.7. The molecule has 0 saturated heterocycles. The Morgan fingerprint density at radius 2 is 2.00 bits per heavy atom. The fraction of sp³-hybridized carbons (Fsp3) is 0.714. The number of nitrogens with one attached hydrogen (secondary N) is 1. The van der Waals surface area contributed by atoms with E-state index in [1.54, 1.807) is 0 Å². The molecule has 0 amide bonds. The van der Waals surface area contributed by atoms with Crippen LogP contribution in [-0.4, -0.2) is 15.2 Å². The third-order valence-corrected chi connectivity index (χ3v) is 1.75. The molecule has 0 saturated carbocycles. The molecule has 0 aliphatic rings. The summed E-state index contributed by atoms with van der Waals surface area (Å²) >= 11 is 0. The Morgan fingerprint density at radius 3 is 2.33 bits per heavy atom. The van der Waals surface area contributed by atoms with Crippen molar-refractivity contribution in [2.24, 2.45) is 11.1 Å². The Labute approximate surface area is 71.6 Å². The van der Waals surface area contributed by atoms with Crippen LogP contribution in [0.5, 0.6) is 0 Å². The molecule has 5 N–H and O–H groups in total. The van der Waals surface area contributed by atoms with Gasteiger partial charge in [-0.2, -0.15) is 4.98 Å². The summed E-state index contributed by atoms with van der Waals surface area (Å²) < 4.78 is 0. The van der Waals surface area contributed by atoms with Gasteiger partial charge in [-0.05, 0) is 5.41 Å². The van der Waals surface area contributed by atoms with Gasteiger partial charge in [0.25, 0.3) is 0 Å². The number of rotatable bonds is 1. The van der Waals surface area contributed by atoms with Gasteiger partial charge in [-0.15, -0.1) is 5.10 Å². The van der Waals surface area contributed by atoms with E-state index < -0.39 is 0 Å². The number of hydrogen-bond acceptors (Lipinski definition) is 4. The molecule has 0 aliphatic carbocycles. The molecule has 0 spiro atoms. The number of H-pyrrole nitrogens is 1. The number of nitrogen functional groups attached to an aromatic ring is 1. The van der Waals surface area contributed by atoms with E-state index in [-0.39, 0.29) is 17.4 Å². The lowest BCUT2D eigenvalue weighted by molar-refractivity contribution is 0.316. The van der Waals surface area contributed by atoms with E-state index in [2.05, 4.69) is 15.2 Å². The first-order valence-corrected chi connectivity index (χ1v) is 3.84. The van der Waals surface area contributed by atoms with Crippen molar-refractivity contribution < 1.29 is 0 Å². The van der Waals surface area contributed by atoms with Crippen LogP contribution in [-0.2, 0) is 0 Å². The maximum Gasteiger partial charge on any atom is 0.239 e. The second-order valence-electron chi connectivity index (χ2n) is 3.92. The molecule has 0 bridgehead atoms. The van der Waals surface area contributed by atoms with Crippen molar-refractivity contribution in [1.29, 1.82) is 0 Å². The van der Waals surface area contributed by atoms with Crippen molar-refractivity contribution in [3.63, 3.8) is 0 Å². The SMILES string of the molecule is CC(C)(C)[C@H](N)c1nc(N)n[nH]1. The first-order chi connectivity index (χ1) is 5.41. The second-order valence-corrected chi connectivity index (χ2v) is 3.92. The van der Waals surface area contributed by atoms with Crippen molar-refractivity contribution in [1.82, 2.24) is 15.2 Å². The average Bonchev–Trinajstić information content (AvgIpc) is 2.32. The Morgan fingerprint density at radius 1 is 1.42 bits per heavy atom. The predicted molar refractivity (Wildman–Crippen MR) is 47.2 cm³/mol. The molecule has 0 aromatic carbocycles. The summed E-state index contributed by atoms with van der Waals surface area (Å²) in [6.45, 7) is 6.11. The summed E-state index contributed by atoms with van der Waals surface area (Å²) in [4.78, 5) is 3.96. The summed E-state index contributed by atoms with van der Waals surface area (Å²) in [5.41, 5.74) is 11.2. The fourth-order valence-electron chi connectivity index (χ4n) is 0.837. The summed E-state index contributed by atoms with van der Waals surface area (Å²) in [5.74, 6) is 0.879. The Hall–Kier alpha value is -1.10. The average molecular weight is 169 g/mol. The van der Waals surface area contributed by atoms with Crippen LogP contribution in [0.1, 0.15) is 32.6 Å². The maximum absolute atomic E-state index is 5.90. The van der Waals surface area contributed by atoms with E-state index in [4.69, 9.17) is 11.5 Å². The standard InChI is InChI=1S/C7H15N5/c1-7(2,3)4(8)5-10-6(9)12-11-5/h4H,8H2,1-3H3,(H3,9,10,11,12)/t4-/m1/s1. The topological polar surface area (TPSA) is 93.6 Å². The van der Waals surface area contributed by atoms with E-state index in [9.17, 15) is 0 Å². The first kappa shape index (κ1) is 8.99. The molecule has 0 radical (unpaired) electrons. The fourth-order valence-corrected chi connectivity index (χ4v) is 0.837. The van der Waals surface area contributed by atoms with Crippen LogP contribution in [0.3, 0.4) is 0 Å². The molecule has 0 aliphatic heterocycles. The smallest absolute Gasteiger partial charge is 0.239 e. The van der Waals surface area contributed by atoms with Gasteiger partial charge in [0, 0.05) is 0 Å². The zero-order valence-electron chi connectivity index (χ0n) is 7.63. The maximum atomic E-state index is 5.90. The molecule has 1 atom stereocenters. The van der Waals surface area contributed by atoms with Crippen LogP contribution in [0, 0.1) is 5.41 Å². The number of aromatic nitrogens is 3. The monoisotopic (exact) mass is 169 g/mol. The second kappa shape index (κ2) is 2.75. The van der Waals surface area contributed by atoms with Crippen molar-refractivity contribution in [3.8, 4) is 0 Å². The third-order valence-electron chi connectivity index (χ3n) is 1.75. The molecule has 0 unspecified atom stereocenters. The van der Waals surface area contributed by atoms with Crippen LogP contribution in [0.15, 0.2) is 0 Å². The van der Waals surface area contributed by atoms with Gasteiger partial charge >= 0.3 is 0 Å². The Bertz CT molecular complexity index is 259. The zero-order valence-corrected chi connectivity index (χ0v) is 7.63. The lowest BCUT2D eigenvalue weighted by atomic mass is 9.87. The van der Waals surface area contributed by atoms with Gasteiger partial charge in [-0.3, -0.25) is 5.10 Å². The minimum atomic E-state index is -0.165. The van der Waals surface area contributed by atoms with E-state index in [0.717, 1.165) is 0 Å². The largest absolute Gasteiger partial charge is 0.367 e. The van der Waals surface area contributed by atoms with Gasteiger partial charge in [-0.25, -0.2) is 0 Å². The molecular formula is C7H15N5. The lowest BCUT2D eigenvalue weighted by Gasteiger charge is -2.24. The summed E-state index contributed by atoms with van der Waals surface area (Å²) in [7, 11) is 0. The zero-order chi connectivity index (χ0) is 9.35. The van der Waals surface area contributed by atoms with E-state index in [1.807, 2.05) is 20.8 Å². The molecular weight excluding hydrogens is 154 g/mol. The molecule has 1 aromatic rings. The van der Waals surface area contributed by atoms with Crippen LogP contribution < -0.4 is 11.5 Å². The van der Waals surface area contributed by atoms with Crippen molar-refractivity contribution in [2.75, 3.05) is 5.73 Å². The van der Waals surface area contributed by atoms with Gasteiger partial charge in [0.15, 0.2) is 0 Å². The van der Waals surface area contributed by atoms with Gasteiger partial charge in [0.2, 0.25) is 5.95 Å². The summed E-state index contributed by atoms with van der Waals surface area (Å²) in [6.07, 6.45) is 0. The number of hydrogen-bond donors (Lipinski definition) is 3. The predicted octanol–water partition coefficient (Wildman–Crippen LogP) is 0.433. The molecule has 0 fully saturated rings. The highest BCUT2D eigenvalue weighted by Crippen LogP contribution is 2.28. The van der Waals surface area contributed by atoms with E-state index in [1.165, 1.54) is 0 Å².